The highest BCUT2D eigenvalue weighted by molar-refractivity contribution is 5.26. The van der Waals surface area contributed by atoms with E-state index in [2.05, 4.69) is 26.8 Å². The van der Waals surface area contributed by atoms with Gasteiger partial charge in [-0.15, -0.1) is 0 Å². The molecular weight excluding hydrogens is 977 g/mol. The van der Waals surface area contributed by atoms with Crippen molar-refractivity contribution in [1.29, 1.82) is 0 Å². The minimum absolute atomic E-state index is 0.0578. The molecule has 9 aliphatic rings. The van der Waals surface area contributed by atoms with Crippen LogP contribution in [0.15, 0.2) is 11.6 Å². The van der Waals surface area contributed by atoms with Crippen LogP contribution in [-0.2, 0) is 42.6 Å². The lowest BCUT2D eigenvalue weighted by Crippen LogP contribution is -2.66. The molecule has 0 aromatic heterocycles. The fourth-order valence-corrected chi connectivity index (χ4v) is 15.1. The fourth-order valence-electron chi connectivity index (χ4n) is 15.1. The summed E-state index contributed by atoms with van der Waals surface area (Å²) >= 11 is 0. The first-order valence-corrected chi connectivity index (χ1v) is 27.2. The second-order valence-corrected chi connectivity index (χ2v) is 24.4. The van der Waals surface area contributed by atoms with E-state index in [1.807, 2.05) is 6.92 Å². The predicted octanol–water partition coefficient (Wildman–Crippen LogP) is -1.94. The van der Waals surface area contributed by atoms with Gasteiger partial charge >= 0.3 is 0 Å². The molecule has 0 spiro atoms. The second kappa shape index (κ2) is 22.1. The van der Waals surface area contributed by atoms with Gasteiger partial charge in [-0.05, 0) is 106 Å². The first-order valence-electron chi connectivity index (χ1n) is 27.2. The molecule has 3 saturated carbocycles. The van der Waals surface area contributed by atoms with Crippen molar-refractivity contribution >= 4 is 0 Å². The molecule has 8 fully saturated rings. The van der Waals surface area contributed by atoms with Crippen LogP contribution in [0.1, 0.15) is 99.3 Å². The van der Waals surface area contributed by atoms with Crippen molar-refractivity contribution in [3.05, 3.63) is 11.6 Å². The molecule has 74 heavy (non-hydrogen) atoms. The van der Waals surface area contributed by atoms with E-state index in [9.17, 15) is 66.4 Å². The Labute approximate surface area is 432 Å². The summed E-state index contributed by atoms with van der Waals surface area (Å²) in [5, 5.41) is 140. The molecule has 22 nitrogen and oxygen atoms in total. The van der Waals surface area contributed by atoms with Gasteiger partial charge in [-0.1, -0.05) is 39.3 Å². The summed E-state index contributed by atoms with van der Waals surface area (Å²) in [4.78, 5) is 0. The fraction of sp³-hybridized carbons (Fsp3) is 0.962. The summed E-state index contributed by atoms with van der Waals surface area (Å²) in [5.41, 5.74) is -1.02. The zero-order valence-corrected chi connectivity index (χ0v) is 43.5. The van der Waals surface area contributed by atoms with E-state index >= 15 is 0 Å². The molecule has 13 N–H and O–H groups in total. The third-order valence-electron chi connectivity index (χ3n) is 19.8. The van der Waals surface area contributed by atoms with Gasteiger partial charge in [0.25, 0.3) is 0 Å². The largest absolute Gasteiger partial charge is 0.394 e. The number of aliphatic hydroxyl groups excluding tert-OH is 11. The van der Waals surface area contributed by atoms with Crippen molar-refractivity contribution in [3.63, 3.8) is 0 Å². The lowest BCUT2D eigenvalue weighted by Gasteiger charge is -2.58. The minimum Gasteiger partial charge on any atom is -0.394 e. The van der Waals surface area contributed by atoms with Crippen molar-refractivity contribution in [2.24, 2.45) is 46.3 Å². The molecule has 0 bridgehead atoms. The summed E-state index contributed by atoms with van der Waals surface area (Å²) in [5.74, 6) is -0.224. The highest BCUT2D eigenvalue weighted by atomic mass is 16.8. The first-order chi connectivity index (χ1) is 34.9. The highest BCUT2D eigenvalue weighted by Gasteiger charge is 2.68. The second-order valence-electron chi connectivity index (χ2n) is 24.4. The zero-order chi connectivity index (χ0) is 53.6. The van der Waals surface area contributed by atoms with Gasteiger partial charge in [-0.25, -0.2) is 0 Å². The molecule has 9 rings (SSSR count). The molecule has 4 aliphatic carbocycles. The van der Waals surface area contributed by atoms with Crippen molar-refractivity contribution < 1.29 is 109 Å². The van der Waals surface area contributed by atoms with Crippen LogP contribution in [0.25, 0.3) is 0 Å². The third-order valence-corrected chi connectivity index (χ3v) is 19.8. The number of fused-ring (bicyclic) bond motifs is 7. The van der Waals surface area contributed by atoms with E-state index in [0.717, 1.165) is 32.1 Å². The topological polar surface area (TPSA) is 346 Å². The molecule has 30 atom stereocenters. The van der Waals surface area contributed by atoms with Crippen LogP contribution in [0.3, 0.4) is 0 Å². The molecular formula is C52H86O22. The van der Waals surface area contributed by atoms with Gasteiger partial charge in [-0.2, -0.15) is 0 Å². The average Bonchev–Trinajstić information content (AvgIpc) is 3.81. The Morgan fingerprint density at radius 1 is 0.703 bits per heavy atom. The van der Waals surface area contributed by atoms with Crippen LogP contribution >= 0.6 is 0 Å². The van der Waals surface area contributed by atoms with E-state index in [4.69, 9.17) is 42.6 Å². The van der Waals surface area contributed by atoms with E-state index in [1.54, 1.807) is 6.92 Å². The van der Waals surface area contributed by atoms with Crippen molar-refractivity contribution in [2.45, 2.75) is 233 Å². The molecule has 0 aromatic carbocycles. The van der Waals surface area contributed by atoms with Crippen LogP contribution in [0.5, 0.6) is 0 Å². The molecule has 22 heteroatoms. The Morgan fingerprint density at radius 2 is 1.39 bits per heavy atom. The SMILES string of the molecule is CC(CCC1(O)OC2CC3C4CC=C5CC(OC6OC(CO)C(OCC7(O)COC(C)C(O)C7O)C(O)C6OC6OC(C)C(O)C(O)C6O)CCC5(C)C4CCC3(C)C2C1C)COC1OC(CO)C(O)C(O)C1O. The maximum absolute atomic E-state index is 12.1. The van der Waals surface area contributed by atoms with Crippen LogP contribution < -0.4 is 0 Å². The van der Waals surface area contributed by atoms with Crippen LogP contribution in [0.2, 0.25) is 0 Å². The zero-order valence-electron chi connectivity index (χ0n) is 43.5. The standard InChI is InChI=1S/C52H86O22/c1-22(19-66-46-40(60)39(59)37(57)32(17-53)71-46)9-14-52(65)23(2)34-31(74-52)16-30-28-8-7-26-15-27(10-12-49(26,5)29(28)11-13-50(30,34)6)70-48-44(73-47-41(61)38(58)35(55)25(4)69-47)42(62)43(33(18-54)72-48)68-21-51(64)20-67-24(3)36(56)45(51)63/h7,22-25,27-48,53-65H,8-21H2,1-6H3. The van der Waals surface area contributed by atoms with Gasteiger partial charge < -0.3 is 109 Å². The van der Waals surface area contributed by atoms with Gasteiger partial charge in [0.1, 0.15) is 85.0 Å². The summed E-state index contributed by atoms with van der Waals surface area (Å²) < 4.78 is 54.5. The average molecular weight is 1060 g/mol. The number of allylic oxidation sites excluding steroid dienone is 1. The summed E-state index contributed by atoms with van der Waals surface area (Å²) in [7, 11) is 0. The van der Waals surface area contributed by atoms with E-state index in [0.29, 0.717) is 43.4 Å². The maximum atomic E-state index is 12.1. The monoisotopic (exact) mass is 1060 g/mol. The predicted molar refractivity (Wildman–Crippen MR) is 254 cm³/mol. The Hall–Kier alpha value is -1.14. The Bertz CT molecular complexity index is 1930. The third kappa shape index (κ3) is 10.2. The van der Waals surface area contributed by atoms with Gasteiger partial charge in [0.15, 0.2) is 24.7 Å². The lowest BCUT2D eigenvalue weighted by atomic mass is 9.47. The highest BCUT2D eigenvalue weighted by Crippen LogP contribution is 2.70. The summed E-state index contributed by atoms with van der Waals surface area (Å²) in [6, 6.07) is 0. The number of aliphatic hydroxyl groups is 13. The molecule has 0 aromatic rings. The van der Waals surface area contributed by atoms with Gasteiger partial charge in [0.05, 0.1) is 57.5 Å². The van der Waals surface area contributed by atoms with Crippen LogP contribution in [0.4, 0.5) is 0 Å². The molecule has 5 heterocycles. The number of ether oxygens (including phenoxy) is 9. The molecule has 0 amide bonds. The number of hydrogen-bond acceptors (Lipinski definition) is 22. The summed E-state index contributed by atoms with van der Waals surface area (Å²) in [6.07, 6.45) is -16.7. The van der Waals surface area contributed by atoms with Gasteiger partial charge in [0.2, 0.25) is 0 Å². The molecule has 30 unspecified atom stereocenters. The number of rotatable bonds is 15. The molecule has 426 valence electrons. The van der Waals surface area contributed by atoms with Gasteiger partial charge in [-0.3, -0.25) is 0 Å². The number of hydrogen-bond donors (Lipinski definition) is 13. The first kappa shape index (κ1) is 57.5. The van der Waals surface area contributed by atoms with Crippen LogP contribution in [0, 0.1) is 46.3 Å². The Kier molecular flexibility index (Phi) is 17.2. The molecule has 0 radical (unpaired) electrons. The van der Waals surface area contributed by atoms with Crippen LogP contribution in [-0.4, -0.2) is 233 Å². The van der Waals surface area contributed by atoms with E-state index in [-0.39, 0.29) is 41.3 Å². The van der Waals surface area contributed by atoms with E-state index in [1.165, 1.54) is 12.5 Å². The van der Waals surface area contributed by atoms with Crippen molar-refractivity contribution in [2.75, 3.05) is 33.0 Å². The summed E-state index contributed by atoms with van der Waals surface area (Å²) in [6.45, 7) is 9.73. The normalized spacial score (nSPS) is 54.9. The Morgan fingerprint density at radius 3 is 2.11 bits per heavy atom. The van der Waals surface area contributed by atoms with Gasteiger partial charge in [0, 0.05) is 12.3 Å². The lowest BCUT2D eigenvalue weighted by molar-refractivity contribution is -0.374. The molecule has 5 aliphatic heterocycles. The Balaban J connectivity index is 0.842. The van der Waals surface area contributed by atoms with Crippen molar-refractivity contribution in [3.8, 4) is 0 Å². The van der Waals surface area contributed by atoms with E-state index < -0.39 is 154 Å². The molecule has 5 saturated heterocycles. The minimum atomic E-state index is -2.09. The van der Waals surface area contributed by atoms with Crippen molar-refractivity contribution in [1.82, 2.24) is 0 Å². The maximum Gasteiger partial charge on any atom is 0.187 e. The smallest absolute Gasteiger partial charge is 0.187 e. The quantitative estimate of drug-likeness (QED) is 0.0794.